The van der Waals surface area contributed by atoms with E-state index >= 15 is 0 Å². The fourth-order valence-electron chi connectivity index (χ4n) is 2.96. The summed E-state index contributed by atoms with van der Waals surface area (Å²) in [6, 6.07) is 3.55. The van der Waals surface area contributed by atoms with Crippen LogP contribution in [0.2, 0.25) is 0 Å². The maximum Gasteiger partial charge on any atom is 0.270 e. The summed E-state index contributed by atoms with van der Waals surface area (Å²) in [5.74, 6) is -0.132. The number of nitrogens with one attached hydrogen (secondary N) is 1. The predicted octanol–water partition coefficient (Wildman–Crippen LogP) is 1.24. The van der Waals surface area contributed by atoms with Gasteiger partial charge in [0.05, 0.1) is 12.1 Å². The zero-order chi connectivity index (χ0) is 16.2. The van der Waals surface area contributed by atoms with E-state index in [0.29, 0.717) is 18.8 Å². The van der Waals surface area contributed by atoms with Gasteiger partial charge < -0.3 is 14.6 Å². The van der Waals surface area contributed by atoms with Crippen molar-refractivity contribution in [1.82, 2.24) is 14.9 Å². The molecule has 1 atom stereocenters. The second kappa shape index (κ2) is 7.06. The molecule has 0 bridgehead atoms. The van der Waals surface area contributed by atoms with Crippen LogP contribution < -0.4 is 10.9 Å². The summed E-state index contributed by atoms with van der Waals surface area (Å²) >= 11 is 1.41. The zero-order valence-electron chi connectivity index (χ0n) is 12.9. The standard InChI is InChI=1S/C16H19N3O3S/c1-22-7-6-19-14-4-3-12(8-11(14)2-5-15(19)20)18-16(21)13-9-23-10-17-13/h2,5,9-10,12H,3-4,6-8H2,1H3,(H,18,21). The lowest BCUT2D eigenvalue weighted by Crippen LogP contribution is -2.40. The minimum Gasteiger partial charge on any atom is -0.383 e. The van der Waals surface area contributed by atoms with Crippen LogP contribution in [0, 0.1) is 0 Å². The smallest absolute Gasteiger partial charge is 0.270 e. The fourth-order valence-corrected chi connectivity index (χ4v) is 3.49. The van der Waals surface area contributed by atoms with Crippen molar-refractivity contribution in [2.45, 2.75) is 31.8 Å². The Labute approximate surface area is 138 Å². The maximum absolute atomic E-state index is 12.1. The van der Waals surface area contributed by atoms with Gasteiger partial charge in [-0.3, -0.25) is 9.59 Å². The van der Waals surface area contributed by atoms with Crippen LogP contribution in [0.3, 0.4) is 0 Å². The second-order valence-electron chi connectivity index (χ2n) is 5.57. The van der Waals surface area contributed by atoms with Gasteiger partial charge in [0.15, 0.2) is 0 Å². The molecule has 0 fully saturated rings. The first kappa shape index (κ1) is 15.9. The number of methoxy groups -OCH3 is 1. The molecule has 122 valence electrons. The van der Waals surface area contributed by atoms with Crippen LogP contribution in [0.1, 0.15) is 28.2 Å². The zero-order valence-corrected chi connectivity index (χ0v) is 13.8. The third-order valence-corrected chi connectivity index (χ3v) is 4.69. The molecule has 7 heteroatoms. The Kier molecular flexibility index (Phi) is 4.88. The second-order valence-corrected chi connectivity index (χ2v) is 6.29. The molecule has 3 rings (SSSR count). The van der Waals surface area contributed by atoms with E-state index in [9.17, 15) is 9.59 Å². The summed E-state index contributed by atoms with van der Waals surface area (Å²) in [5.41, 5.74) is 4.31. The summed E-state index contributed by atoms with van der Waals surface area (Å²) in [6.45, 7) is 1.08. The number of carbonyl (C=O) groups is 1. The van der Waals surface area contributed by atoms with E-state index in [2.05, 4.69) is 10.3 Å². The van der Waals surface area contributed by atoms with E-state index < -0.39 is 0 Å². The van der Waals surface area contributed by atoms with Gasteiger partial charge in [0, 0.05) is 36.8 Å². The van der Waals surface area contributed by atoms with Gasteiger partial charge in [0.2, 0.25) is 0 Å². The van der Waals surface area contributed by atoms with E-state index in [1.807, 2.05) is 6.07 Å². The Morgan fingerprint density at radius 2 is 2.39 bits per heavy atom. The van der Waals surface area contributed by atoms with Crippen molar-refractivity contribution < 1.29 is 9.53 Å². The van der Waals surface area contributed by atoms with Crippen LogP contribution in [0.15, 0.2) is 27.8 Å². The Hall–Kier alpha value is -1.99. The Bertz CT molecular complexity index is 740. The minimum atomic E-state index is -0.132. The number of carbonyl (C=O) groups excluding carboxylic acids is 1. The molecule has 0 saturated heterocycles. The van der Waals surface area contributed by atoms with E-state index in [4.69, 9.17) is 4.74 Å². The van der Waals surface area contributed by atoms with Gasteiger partial charge in [-0.2, -0.15) is 0 Å². The lowest BCUT2D eigenvalue weighted by molar-refractivity contribution is 0.0929. The molecule has 23 heavy (non-hydrogen) atoms. The molecule has 0 radical (unpaired) electrons. The van der Waals surface area contributed by atoms with Crippen LogP contribution in [-0.4, -0.2) is 35.2 Å². The van der Waals surface area contributed by atoms with Crippen molar-refractivity contribution in [2.75, 3.05) is 13.7 Å². The highest BCUT2D eigenvalue weighted by molar-refractivity contribution is 7.07. The van der Waals surface area contributed by atoms with Crippen molar-refractivity contribution in [1.29, 1.82) is 0 Å². The van der Waals surface area contributed by atoms with Gasteiger partial charge in [-0.05, 0) is 24.8 Å². The van der Waals surface area contributed by atoms with E-state index in [-0.39, 0.29) is 17.5 Å². The van der Waals surface area contributed by atoms with Gasteiger partial charge in [-0.1, -0.05) is 6.07 Å². The third kappa shape index (κ3) is 3.51. The number of thiazole rings is 1. The molecule has 2 aromatic heterocycles. The third-order valence-electron chi connectivity index (χ3n) is 4.10. The lowest BCUT2D eigenvalue weighted by atomic mass is 9.91. The van der Waals surface area contributed by atoms with Gasteiger partial charge in [-0.25, -0.2) is 4.98 Å². The molecule has 0 saturated carbocycles. The van der Waals surface area contributed by atoms with Crippen molar-refractivity contribution in [2.24, 2.45) is 0 Å². The molecular formula is C16H19N3O3S. The van der Waals surface area contributed by atoms with Crippen LogP contribution in [0.25, 0.3) is 0 Å². The quantitative estimate of drug-likeness (QED) is 0.893. The van der Waals surface area contributed by atoms with Gasteiger partial charge in [-0.15, -0.1) is 11.3 Å². The topological polar surface area (TPSA) is 73.2 Å². The number of ether oxygens (including phenoxy) is 1. The molecule has 1 aliphatic carbocycles. The number of nitrogens with zero attached hydrogens (tertiary/aromatic N) is 2. The summed E-state index contributed by atoms with van der Waals surface area (Å²) in [5, 5.41) is 4.78. The average molecular weight is 333 g/mol. The van der Waals surface area contributed by atoms with E-state index in [1.165, 1.54) is 11.3 Å². The molecule has 6 nitrogen and oxygen atoms in total. The average Bonchev–Trinajstić information content (AvgIpc) is 3.09. The van der Waals surface area contributed by atoms with Crippen molar-refractivity contribution in [3.63, 3.8) is 0 Å². The Morgan fingerprint density at radius 3 is 3.13 bits per heavy atom. The predicted molar refractivity (Wildman–Crippen MR) is 88.0 cm³/mol. The first-order valence-corrected chi connectivity index (χ1v) is 8.53. The monoisotopic (exact) mass is 333 g/mol. The number of fused-ring (bicyclic) bond motifs is 1. The van der Waals surface area contributed by atoms with Gasteiger partial charge in [0.1, 0.15) is 5.69 Å². The number of hydrogen-bond acceptors (Lipinski definition) is 5. The number of pyridine rings is 1. The first-order valence-electron chi connectivity index (χ1n) is 7.58. The molecule has 2 heterocycles. The summed E-state index contributed by atoms with van der Waals surface area (Å²) < 4.78 is 6.87. The molecule has 0 aromatic carbocycles. The van der Waals surface area contributed by atoms with Crippen LogP contribution in [0.4, 0.5) is 0 Å². The number of aromatic nitrogens is 2. The van der Waals surface area contributed by atoms with Crippen molar-refractivity contribution in [3.05, 3.63) is 50.3 Å². The lowest BCUT2D eigenvalue weighted by Gasteiger charge is -2.27. The molecule has 0 spiro atoms. The van der Waals surface area contributed by atoms with Crippen molar-refractivity contribution in [3.8, 4) is 0 Å². The summed E-state index contributed by atoms with van der Waals surface area (Å²) in [6.07, 6.45) is 2.33. The molecule has 1 unspecified atom stereocenters. The number of hydrogen-bond donors (Lipinski definition) is 1. The van der Waals surface area contributed by atoms with Gasteiger partial charge in [0.25, 0.3) is 11.5 Å². The van der Waals surface area contributed by atoms with Gasteiger partial charge >= 0.3 is 0 Å². The molecule has 1 N–H and O–H groups in total. The normalized spacial score (nSPS) is 16.8. The number of amides is 1. The maximum atomic E-state index is 12.1. The highest BCUT2D eigenvalue weighted by Crippen LogP contribution is 2.20. The van der Waals surface area contributed by atoms with Crippen LogP contribution in [-0.2, 0) is 24.1 Å². The molecule has 0 aliphatic heterocycles. The SMILES string of the molecule is COCCn1c2c(ccc1=O)CC(NC(=O)c1cscn1)CC2. The Morgan fingerprint density at radius 1 is 1.52 bits per heavy atom. The largest absolute Gasteiger partial charge is 0.383 e. The molecule has 1 amide bonds. The highest BCUT2D eigenvalue weighted by Gasteiger charge is 2.23. The molecule has 1 aliphatic rings. The van der Waals surface area contributed by atoms with Crippen molar-refractivity contribution >= 4 is 17.2 Å². The van der Waals surface area contributed by atoms with Crippen LogP contribution >= 0.6 is 11.3 Å². The van der Waals surface area contributed by atoms with E-state index in [0.717, 1.165) is 30.5 Å². The summed E-state index contributed by atoms with van der Waals surface area (Å²) in [4.78, 5) is 28.2. The fraction of sp³-hybridized carbons (Fsp3) is 0.438. The Balaban J connectivity index is 1.74. The molecule has 2 aromatic rings. The first-order chi connectivity index (χ1) is 11.2. The number of rotatable bonds is 5. The van der Waals surface area contributed by atoms with E-state index in [1.54, 1.807) is 28.6 Å². The molecular weight excluding hydrogens is 314 g/mol. The van der Waals surface area contributed by atoms with Crippen LogP contribution in [0.5, 0.6) is 0 Å². The highest BCUT2D eigenvalue weighted by atomic mass is 32.1. The minimum absolute atomic E-state index is 0.00533. The summed E-state index contributed by atoms with van der Waals surface area (Å²) in [7, 11) is 1.63.